The van der Waals surface area contributed by atoms with Gasteiger partial charge >= 0.3 is 0 Å². The van der Waals surface area contributed by atoms with Gasteiger partial charge in [-0.1, -0.05) is 24.1 Å². The lowest BCUT2D eigenvalue weighted by Gasteiger charge is -2.29. The van der Waals surface area contributed by atoms with Gasteiger partial charge in [0.15, 0.2) is 5.82 Å². The zero-order valence-electron chi connectivity index (χ0n) is 20.7. The molecular formula is C25H28ClFN6O4S. The predicted octanol–water partition coefficient (Wildman–Crippen LogP) is 2.76. The molecule has 38 heavy (non-hydrogen) atoms. The predicted molar refractivity (Wildman–Crippen MR) is 140 cm³/mol. The van der Waals surface area contributed by atoms with Crippen LogP contribution in [0.2, 0.25) is 5.02 Å². The second kappa shape index (κ2) is 12.0. The molecule has 2 unspecified atom stereocenters. The van der Waals surface area contributed by atoms with Gasteiger partial charge in [0.1, 0.15) is 0 Å². The van der Waals surface area contributed by atoms with E-state index in [1.165, 1.54) is 12.1 Å². The van der Waals surface area contributed by atoms with E-state index in [4.69, 9.17) is 11.6 Å². The molecule has 2 amide bonds. The molecule has 0 spiro atoms. The van der Waals surface area contributed by atoms with Gasteiger partial charge in [-0.15, -0.1) is 4.83 Å². The van der Waals surface area contributed by atoms with E-state index >= 15 is 0 Å². The number of hydrogen-bond acceptors (Lipinski definition) is 6. The minimum Gasteiger partial charge on any atom is -0.353 e. The first-order valence-electron chi connectivity index (χ1n) is 12.0. The Kier molecular flexibility index (Phi) is 8.75. The largest absolute Gasteiger partial charge is 0.353 e. The number of benzene rings is 1. The Labute approximate surface area is 225 Å². The molecule has 202 valence electrons. The van der Waals surface area contributed by atoms with Gasteiger partial charge in [0.2, 0.25) is 15.9 Å². The number of hydrogen-bond donors (Lipinski definition) is 3. The van der Waals surface area contributed by atoms with Crippen LogP contribution in [-0.4, -0.2) is 46.6 Å². The second-order valence-electron chi connectivity index (χ2n) is 9.42. The Morgan fingerprint density at radius 3 is 2.79 bits per heavy atom. The minimum absolute atomic E-state index is 0.145. The maximum Gasteiger partial charge on any atom is 0.269 e. The quantitative estimate of drug-likeness (QED) is 0.343. The number of carbonyl (C=O) groups is 2. The topological polar surface area (TPSA) is 135 Å². The molecule has 1 aliphatic carbocycles. The maximum absolute atomic E-state index is 14.6. The summed E-state index contributed by atoms with van der Waals surface area (Å²) < 4.78 is 41.7. The number of halogens is 2. The summed E-state index contributed by atoms with van der Waals surface area (Å²) in [4.78, 5) is 35.3. The molecule has 0 radical (unpaired) electrons. The van der Waals surface area contributed by atoms with Crippen molar-refractivity contribution in [3.05, 3.63) is 71.2 Å². The van der Waals surface area contributed by atoms with Gasteiger partial charge < -0.3 is 9.88 Å². The number of aryl methyl sites for hydroxylation is 1. The lowest BCUT2D eigenvalue weighted by Crippen LogP contribution is -2.45. The molecule has 2 heterocycles. The van der Waals surface area contributed by atoms with Crippen molar-refractivity contribution in [2.45, 2.75) is 38.1 Å². The summed E-state index contributed by atoms with van der Waals surface area (Å²) in [5.41, 5.74) is 3.33. The number of amides is 2. The summed E-state index contributed by atoms with van der Waals surface area (Å²) in [5, 5.41) is 2.68. The van der Waals surface area contributed by atoms with Crippen LogP contribution in [0.25, 0.3) is 11.3 Å². The van der Waals surface area contributed by atoms with E-state index in [0.29, 0.717) is 24.1 Å². The first kappa shape index (κ1) is 27.7. The molecule has 4 rings (SSSR count). The van der Waals surface area contributed by atoms with Crippen molar-refractivity contribution in [2.24, 2.45) is 13.0 Å². The number of nitrogens with zero attached hydrogens (tertiary/aromatic N) is 3. The Balaban J connectivity index is 1.32. The van der Waals surface area contributed by atoms with Gasteiger partial charge in [0, 0.05) is 37.2 Å². The van der Waals surface area contributed by atoms with Crippen molar-refractivity contribution in [3.63, 3.8) is 0 Å². The van der Waals surface area contributed by atoms with Crippen LogP contribution in [-0.2, 0) is 28.3 Å². The average Bonchev–Trinajstić information content (AvgIpc) is 3.31. The lowest BCUT2D eigenvalue weighted by molar-refractivity contribution is -0.121. The van der Waals surface area contributed by atoms with Crippen LogP contribution in [0, 0.1) is 11.7 Å². The van der Waals surface area contributed by atoms with Gasteiger partial charge in [-0.2, -0.15) is 0 Å². The molecule has 0 saturated heterocycles. The molecule has 0 bridgehead atoms. The third-order valence-corrected chi connectivity index (χ3v) is 7.88. The van der Waals surface area contributed by atoms with Crippen LogP contribution < -0.4 is 15.6 Å². The fraction of sp³-hybridized carbons (Fsp3) is 0.360. The molecule has 13 heteroatoms. The van der Waals surface area contributed by atoms with Crippen LogP contribution >= 0.6 is 11.6 Å². The summed E-state index contributed by atoms with van der Waals surface area (Å²) in [6.45, 7) is 0. The number of imidazole rings is 1. The normalized spacial score (nSPS) is 17.7. The highest BCUT2D eigenvalue weighted by molar-refractivity contribution is 7.89. The third-order valence-electron chi connectivity index (χ3n) is 6.28. The molecule has 3 N–H and O–H groups in total. The number of aromatic nitrogens is 3. The van der Waals surface area contributed by atoms with Gasteiger partial charge in [-0.05, 0) is 48.9 Å². The highest BCUT2D eigenvalue weighted by Crippen LogP contribution is 2.28. The second-order valence-corrected chi connectivity index (χ2v) is 11.6. The summed E-state index contributed by atoms with van der Waals surface area (Å²) in [5.74, 6) is -2.58. The molecule has 1 aliphatic rings. The first-order valence-corrected chi connectivity index (χ1v) is 14.1. The number of rotatable bonds is 9. The maximum atomic E-state index is 14.6. The van der Waals surface area contributed by atoms with Crippen LogP contribution in [0.4, 0.5) is 4.39 Å². The summed E-state index contributed by atoms with van der Waals surface area (Å²) in [6.07, 6.45) is 9.35. The van der Waals surface area contributed by atoms with Crippen LogP contribution in [0.3, 0.4) is 0 Å². The summed E-state index contributed by atoms with van der Waals surface area (Å²) in [7, 11) is -2.18. The molecule has 1 fully saturated rings. The summed E-state index contributed by atoms with van der Waals surface area (Å²) in [6, 6.07) is 6.03. The van der Waals surface area contributed by atoms with Crippen LogP contribution in [0.1, 0.15) is 41.6 Å². The van der Waals surface area contributed by atoms with E-state index in [9.17, 15) is 22.4 Å². The monoisotopic (exact) mass is 562 g/mol. The first-order chi connectivity index (χ1) is 18.1. The molecule has 1 aromatic carbocycles. The molecule has 10 nitrogen and oxygen atoms in total. The van der Waals surface area contributed by atoms with Crippen molar-refractivity contribution in [1.29, 1.82) is 0 Å². The Hall–Kier alpha value is -3.35. The zero-order chi connectivity index (χ0) is 27.3. The van der Waals surface area contributed by atoms with E-state index in [-0.39, 0.29) is 35.1 Å². The molecule has 2 atom stereocenters. The number of nitrogens with one attached hydrogen (secondary N) is 3. The highest BCUT2D eigenvalue weighted by atomic mass is 35.5. The Morgan fingerprint density at radius 1 is 1.26 bits per heavy atom. The molecular weight excluding hydrogens is 535 g/mol. The van der Waals surface area contributed by atoms with Crippen molar-refractivity contribution < 1.29 is 22.4 Å². The SMILES string of the molecule is Cn1cnc(-c2cc(Cl)c(F)c(C(=O)NNS(=O)(=O)CC3CCCC(NC(=O)Cc4cccnc4)C3)c2)c1. The minimum atomic E-state index is -3.94. The van der Waals surface area contributed by atoms with Gasteiger partial charge in [0.05, 0.1) is 34.8 Å². The molecule has 0 aliphatic heterocycles. The van der Waals surface area contributed by atoms with Gasteiger partial charge in [0.25, 0.3) is 5.91 Å². The number of hydrazine groups is 1. The zero-order valence-corrected chi connectivity index (χ0v) is 22.2. The Morgan fingerprint density at radius 2 is 2.08 bits per heavy atom. The standard InChI is InChI=1S/C25H28ClFN6O4S/c1-33-13-22(29-15-33)18-10-20(24(27)21(26)11-18)25(35)31-32-38(36,37)14-17-4-2-6-19(8-17)30-23(34)9-16-5-3-7-28-12-16/h3,5,7,10-13,15,17,19,32H,2,4,6,8-9,14H2,1H3,(H,30,34)(H,31,35). The number of sulfonamides is 1. The number of pyridine rings is 1. The fourth-order valence-electron chi connectivity index (χ4n) is 4.55. The van der Waals surface area contributed by atoms with E-state index in [2.05, 4.69) is 25.5 Å². The molecule has 1 saturated carbocycles. The van der Waals surface area contributed by atoms with E-state index in [1.807, 2.05) is 6.07 Å². The van der Waals surface area contributed by atoms with E-state index in [1.54, 1.807) is 42.6 Å². The van der Waals surface area contributed by atoms with E-state index < -0.39 is 27.3 Å². The van der Waals surface area contributed by atoms with Crippen molar-refractivity contribution in [3.8, 4) is 11.3 Å². The van der Waals surface area contributed by atoms with Crippen LogP contribution in [0.15, 0.2) is 49.2 Å². The van der Waals surface area contributed by atoms with Crippen molar-refractivity contribution >= 4 is 33.4 Å². The van der Waals surface area contributed by atoms with Crippen molar-refractivity contribution in [1.82, 2.24) is 30.1 Å². The third kappa shape index (κ3) is 7.36. The summed E-state index contributed by atoms with van der Waals surface area (Å²) >= 11 is 5.97. The molecule has 2 aromatic heterocycles. The van der Waals surface area contributed by atoms with E-state index in [0.717, 1.165) is 18.4 Å². The smallest absolute Gasteiger partial charge is 0.269 e. The van der Waals surface area contributed by atoms with Crippen molar-refractivity contribution in [2.75, 3.05) is 5.75 Å². The molecule has 3 aromatic rings. The number of carbonyl (C=O) groups excluding carboxylic acids is 2. The van der Waals surface area contributed by atoms with Crippen LogP contribution in [0.5, 0.6) is 0 Å². The lowest BCUT2D eigenvalue weighted by atomic mass is 9.87. The average molecular weight is 563 g/mol. The Bertz CT molecular complexity index is 1420. The van der Waals surface area contributed by atoms with Gasteiger partial charge in [-0.25, -0.2) is 17.8 Å². The fourth-order valence-corrected chi connectivity index (χ4v) is 6.02. The van der Waals surface area contributed by atoms with Gasteiger partial charge in [-0.3, -0.25) is 20.0 Å². The highest BCUT2D eigenvalue weighted by Gasteiger charge is 2.28.